The fraction of sp³-hybridized carbons (Fsp3) is 0.857. The van der Waals surface area contributed by atoms with E-state index in [9.17, 15) is 4.79 Å². The maximum Gasteiger partial charge on any atom is 0.304 e. The molecule has 0 aliphatic carbocycles. The van der Waals surface area contributed by atoms with Gasteiger partial charge in [-0.1, -0.05) is 0 Å². The molecule has 0 aromatic carbocycles. The van der Waals surface area contributed by atoms with Gasteiger partial charge < -0.3 is 25.5 Å². The summed E-state index contributed by atoms with van der Waals surface area (Å²) in [5, 5.41) is 44.7. The van der Waals surface area contributed by atoms with Crippen LogP contribution >= 0.6 is 0 Å². The van der Waals surface area contributed by atoms with Crippen LogP contribution in [0, 0.1) is 0 Å². The van der Waals surface area contributed by atoms with Crippen molar-refractivity contribution in [1.29, 1.82) is 0 Å². The third kappa shape index (κ3) is 4.49. The van der Waals surface area contributed by atoms with E-state index >= 15 is 0 Å². The quantitative estimate of drug-likeness (QED) is 0.334. The average molecular weight is 209 g/mol. The zero-order valence-corrected chi connectivity index (χ0v) is 8.01. The topological polar surface area (TPSA) is 121 Å². The van der Waals surface area contributed by atoms with Crippen molar-refractivity contribution in [2.75, 3.05) is 6.54 Å². The SMILES string of the molecule is CC(O)(O)N(CCC(=O)O)C(C)(O)O. The highest BCUT2D eigenvalue weighted by Gasteiger charge is 2.38. The summed E-state index contributed by atoms with van der Waals surface area (Å²) in [4.78, 5) is 10.6. The standard InChI is InChI=1S/C7H15NO6/c1-6(11,12)8(7(2,13)14)4-3-5(9)10/h11-14H,3-4H2,1-2H3,(H,9,10). The van der Waals surface area contributed by atoms with Gasteiger partial charge >= 0.3 is 5.97 Å². The van der Waals surface area contributed by atoms with E-state index in [2.05, 4.69) is 0 Å². The summed E-state index contributed by atoms with van der Waals surface area (Å²) in [5.41, 5.74) is 0. The van der Waals surface area contributed by atoms with E-state index in [0.29, 0.717) is 4.90 Å². The van der Waals surface area contributed by atoms with E-state index in [1.54, 1.807) is 0 Å². The molecule has 0 aliphatic rings. The Morgan fingerprint density at radius 2 is 1.50 bits per heavy atom. The molecule has 0 aromatic heterocycles. The summed E-state index contributed by atoms with van der Waals surface area (Å²) in [6.45, 7) is 1.40. The number of nitrogens with zero attached hydrogens (tertiary/aromatic N) is 1. The highest BCUT2D eigenvalue weighted by atomic mass is 16.6. The smallest absolute Gasteiger partial charge is 0.304 e. The van der Waals surface area contributed by atoms with Gasteiger partial charge in [0.1, 0.15) is 0 Å². The first kappa shape index (κ1) is 13.3. The second-order valence-electron chi connectivity index (χ2n) is 3.24. The van der Waals surface area contributed by atoms with E-state index in [1.807, 2.05) is 0 Å². The fourth-order valence-electron chi connectivity index (χ4n) is 1.03. The van der Waals surface area contributed by atoms with Crippen molar-refractivity contribution >= 4 is 5.97 Å². The Labute approximate surface area is 80.8 Å². The van der Waals surface area contributed by atoms with Crippen LogP contribution in [0.25, 0.3) is 0 Å². The van der Waals surface area contributed by atoms with E-state index in [1.165, 1.54) is 0 Å². The van der Waals surface area contributed by atoms with Crippen LogP contribution in [0.3, 0.4) is 0 Å². The Morgan fingerprint density at radius 1 is 1.14 bits per heavy atom. The van der Waals surface area contributed by atoms with Crippen LogP contribution < -0.4 is 0 Å². The number of rotatable bonds is 5. The lowest BCUT2D eigenvalue weighted by molar-refractivity contribution is -0.370. The Morgan fingerprint density at radius 3 is 1.71 bits per heavy atom. The zero-order chi connectivity index (χ0) is 11.6. The van der Waals surface area contributed by atoms with Crippen LogP contribution in [0.1, 0.15) is 20.3 Å². The Hall–Kier alpha value is -0.730. The second-order valence-corrected chi connectivity index (χ2v) is 3.24. The maximum atomic E-state index is 10.2. The molecule has 0 spiro atoms. The first-order valence-electron chi connectivity index (χ1n) is 3.94. The Bertz CT molecular complexity index is 189. The number of aliphatic carboxylic acids is 1. The molecule has 14 heavy (non-hydrogen) atoms. The molecule has 0 aromatic rings. The molecule has 7 heteroatoms. The average Bonchev–Trinajstić information content (AvgIpc) is 1.78. The molecule has 0 aliphatic heterocycles. The van der Waals surface area contributed by atoms with E-state index in [4.69, 9.17) is 25.5 Å². The molecule has 7 nitrogen and oxygen atoms in total. The van der Waals surface area contributed by atoms with Gasteiger partial charge in [0.25, 0.3) is 0 Å². The van der Waals surface area contributed by atoms with Crippen molar-refractivity contribution in [2.45, 2.75) is 32.1 Å². The first-order valence-corrected chi connectivity index (χ1v) is 3.94. The lowest BCUT2D eigenvalue weighted by Gasteiger charge is -2.38. The lowest BCUT2D eigenvalue weighted by atomic mass is 10.3. The summed E-state index contributed by atoms with van der Waals surface area (Å²) >= 11 is 0. The second kappa shape index (κ2) is 4.20. The van der Waals surface area contributed by atoms with Gasteiger partial charge in [-0.2, -0.15) is 0 Å². The molecule has 84 valence electrons. The van der Waals surface area contributed by atoms with Gasteiger partial charge in [-0.05, 0) is 0 Å². The zero-order valence-electron chi connectivity index (χ0n) is 8.01. The number of carboxylic acids is 1. The third-order valence-corrected chi connectivity index (χ3v) is 1.57. The highest BCUT2D eigenvalue weighted by molar-refractivity contribution is 5.66. The monoisotopic (exact) mass is 209 g/mol. The van der Waals surface area contributed by atoms with Gasteiger partial charge in [-0.15, -0.1) is 0 Å². The summed E-state index contributed by atoms with van der Waals surface area (Å²) in [6.07, 6.45) is -0.437. The molecular weight excluding hydrogens is 194 g/mol. The molecule has 0 radical (unpaired) electrons. The van der Waals surface area contributed by atoms with Crippen molar-refractivity contribution in [2.24, 2.45) is 0 Å². The van der Waals surface area contributed by atoms with E-state index in [-0.39, 0.29) is 0 Å². The number of carboxylic acid groups (broad SMARTS) is 1. The van der Waals surface area contributed by atoms with Crippen LogP contribution in [-0.4, -0.2) is 54.8 Å². The van der Waals surface area contributed by atoms with Gasteiger partial charge in [0.2, 0.25) is 11.8 Å². The van der Waals surface area contributed by atoms with Gasteiger partial charge in [0.15, 0.2) is 0 Å². The molecule has 0 amide bonds. The third-order valence-electron chi connectivity index (χ3n) is 1.57. The lowest BCUT2D eigenvalue weighted by Crippen LogP contribution is -2.59. The fourth-order valence-corrected chi connectivity index (χ4v) is 1.03. The van der Waals surface area contributed by atoms with Crippen molar-refractivity contribution in [3.63, 3.8) is 0 Å². The molecule has 0 rings (SSSR count). The van der Waals surface area contributed by atoms with E-state index in [0.717, 1.165) is 13.8 Å². The highest BCUT2D eigenvalue weighted by Crippen LogP contribution is 2.17. The maximum absolute atomic E-state index is 10.2. The van der Waals surface area contributed by atoms with Gasteiger partial charge in [0, 0.05) is 20.4 Å². The molecule has 0 saturated carbocycles. The Balaban J connectivity index is 4.51. The summed E-state index contributed by atoms with van der Waals surface area (Å²) in [7, 11) is 0. The number of carbonyl (C=O) groups is 1. The molecule has 0 saturated heterocycles. The molecule has 0 heterocycles. The van der Waals surface area contributed by atoms with Crippen molar-refractivity contribution in [3.8, 4) is 0 Å². The first-order chi connectivity index (χ1) is 6.05. The van der Waals surface area contributed by atoms with Crippen LogP contribution in [0.4, 0.5) is 0 Å². The Kier molecular flexibility index (Phi) is 3.98. The summed E-state index contributed by atoms with van der Waals surface area (Å²) in [5.74, 6) is -6.16. The molecule has 0 bridgehead atoms. The minimum atomic E-state index is -2.49. The largest absolute Gasteiger partial charge is 0.481 e. The van der Waals surface area contributed by atoms with Crippen LogP contribution in [-0.2, 0) is 4.79 Å². The van der Waals surface area contributed by atoms with Gasteiger partial charge in [0.05, 0.1) is 6.42 Å². The van der Waals surface area contributed by atoms with Gasteiger partial charge in [-0.3, -0.25) is 4.79 Å². The van der Waals surface area contributed by atoms with E-state index < -0.39 is 30.8 Å². The van der Waals surface area contributed by atoms with Crippen molar-refractivity contribution in [1.82, 2.24) is 4.90 Å². The van der Waals surface area contributed by atoms with Crippen LogP contribution in [0.15, 0.2) is 0 Å². The molecule has 0 unspecified atom stereocenters. The predicted octanol–water partition coefficient (Wildman–Crippen LogP) is -1.92. The minimum Gasteiger partial charge on any atom is -0.481 e. The predicted molar refractivity (Wildman–Crippen MR) is 44.6 cm³/mol. The molecule has 5 N–H and O–H groups in total. The minimum absolute atomic E-state index is 0.400. The summed E-state index contributed by atoms with van der Waals surface area (Å²) in [6, 6.07) is 0. The summed E-state index contributed by atoms with van der Waals surface area (Å²) < 4.78 is 0. The van der Waals surface area contributed by atoms with Crippen LogP contribution in [0.2, 0.25) is 0 Å². The molecule has 0 atom stereocenters. The van der Waals surface area contributed by atoms with Crippen LogP contribution in [0.5, 0.6) is 0 Å². The number of hydrogen-bond donors (Lipinski definition) is 5. The molecule has 0 fully saturated rings. The number of hydrogen-bond acceptors (Lipinski definition) is 6. The van der Waals surface area contributed by atoms with Gasteiger partial charge in [-0.25, -0.2) is 4.90 Å². The number of aliphatic hydroxyl groups is 4. The molecular formula is C7H15NO6. The normalized spacial score (nSPS) is 13.4. The van der Waals surface area contributed by atoms with Crippen molar-refractivity contribution in [3.05, 3.63) is 0 Å². The van der Waals surface area contributed by atoms with Crippen molar-refractivity contribution < 1.29 is 30.3 Å².